The average molecular weight is 307 g/mol. The van der Waals surface area contributed by atoms with Crippen molar-refractivity contribution in [2.75, 3.05) is 26.3 Å². The van der Waals surface area contributed by atoms with Crippen molar-refractivity contribution < 1.29 is 28.1 Å². The highest BCUT2D eigenvalue weighted by molar-refractivity contribution is 7.45. The lowest BCUT2D eigenvalue weighted by Gasteiger charge is -2.22. The predicted molar refractivity (Wildman–Crippen MR) is 72.9 cm³/mol. The predicted octanol–water partition coefficient (Wildman–Crippen LogP) is 1.47. The Labute approximate surface area is 120 Å². The number of esters is 2. The highest BCUT2D eigenvalue weighted by Gasteiger charge is 2.49. The van der Waals surface area contributed by atoms with Crippen LogP contribution in [0.3, 0.4) is 0 Å². The van der Waals surface area contributed by atoms with Gasteiger partial charge in [0.2, 0.25) is 0 Å². The molecular formula is C12H22NO6P. The van der Waals surface area contributed by atoms with Crippen LogP contribution in [0.15, 0.2) is 0 Å². The molecule has 116 valence electrons. The maximum atomic E-state index is 11.9. The minimum Gasteiger partial charge on any atom is -0.464 e. The van der Waals surface area contributed by atoms with Crippen molar-refractivity contribution in [2.45, 2.75) is 39.9 Å². The van der Waals surface area contributed by atoms with Gasteiger partial charge in [0.1, 0.15) is 0 Å². The zero-order valence-corrected chi connectivity index (χ0v) is 13.2. The standard InChI is InChI=1S/C12H22NO6P/c1-5-13(6-2)20-18-9(11(14)16-7-3)10(19-20)12(15)17-8-4/h9-10H,5-8H2,1-4H3. The molecule has 0 aliphatic carbocycles. The summed E-state index contributed by atoms with van der Waals surface area (Å²) >= 11 is 0. The fourth-order valence-electron chi connectivity index (χ4n) is 1.70. The monoisotopic (exact) mass is 307 g/mol. The van der Waals surface area contributed by atoms with Gasteiger partial charge in [0.15, 0.2) is 12.2 Å². The number of carbonyl (C=O) groups is 2. The van der Waals surface area contributed by atoms with Crippen molar-refractivity contribution in [1.29, 1.82) is 0 Å². The van der Waals surface area contributed by atoms with Crippen LogP contribution in [0.1, 0.15) is 27.7 Å². The molecule has 0 saturated carbocycles. The van der Waals surface area contributed by atoms with Crippen LogP contribution >= 0.6 is 8.53 Å². The van der Waals surface area contributed by atoms with Gasteiger partial charge in [0.05, 0.1) is 13.2 Å². The third-order valence-electron chi connectivity index (χ3n) is 2.68. The van der Waals surface area contributed by atoms with E-state index in [9.17, 15) is 9.59 Å². The van der Waals surface area contributed by atoms with E-state index in [0.717, 1.165) is 0 Å². The van der Waals surface area contributed by atoms with Gasteiger partial charge >= 0.3 is 11.9 Å². The molecule has 0 N–H and O–H groups in total. The van der Waals surface area contributed by atoms with E-state index in [2.05, 4.69) is 0 Å². The summed E-state index contributed by atoms with van der Waals surface area (Å²) in [6, 6.07) is 0. The summed E-state index contributed by atoms with van der Waals surface area (Å²) in [6.45, 7) is 9.14. The number of carbonyl (C=O) groups excluding carboxylic acids is 2. The van der Waals surface area contributed by atoms with Crippen LogP contribution < -0.4 is 0 Å². The summed E-state index contributed by atoms with van der Waals surface area (Å²) < 4.78 is 22.9. The van der Waals surface area contributed by atoms with Crippen LogP contribution in [-0.2, 0) is 28.1 Å². The number of hydrogen-bond donors (Lipinski definition) is 0. The van der Waals surface area contributed by atoms with Gasteiger partial charge in [0.25, 0.3) is 8.53 Å². The Morgan fingerprint density at radius 1 is 0.950 bits per heavy atom. The molecule has 1 saturated heterocycles. The highest BCUT2D eigenvalue weighted by atomic mass is 31.2. The molecule has 1 heterocycles. The number of nitrogens with zero attached hydrogens (tertiary/aromatic N) is 1. The molecule has 0 bridgehead atoms. The molecule has 20 heavy (non-hydrogen) atoms. The Morgan fingerprint density at radius 2 is 1.35 bits per heavy atom. The van der Waals surface area contributed by atoms with Crippen LogP contribution in [0.2, 0.25) is 0 Å². The molecule has 0 aromatic carbocycles. The van der Waals surface area contributed by atoms with Gasteiger partial charge in [-0.15, -0.1) is 0 Å². The number of rotatable bonds is 7. The van der Waals surface area contributed by atoms with Gasteiger partial charge in [0, 0.05) is 13.1 Å². The van der Waals surface area contributed by atoms with Crippen LogP contribution in [0, 0.1) is 0 Å². The molecule has 1 aliphatic rings. The van der Waals surface area contributed by atoms with E-state index in [1.54, 1.807) is 13.8 Å². The smallest absolute Gasteiger partial charge is 0.339 e. The molecule has 1 rings (SSSR count). The van der Waals surface area contributed by atoms with Crippen molar-refractivity contribution in [3.05, 3.63) is 0 Å². The average Bonchev–Trinajstić information content (AvgIpc) is 2.86. The summed E-state index contributed by atoms with van der Waals surface area (Å²) in [5.41, 5.74) is 0. The minimum atomic E-state index is -1.44. The van der Waals surface area contributed by atoms with E-state index < -0.39 is 32.7 Å². The molecule has 1 aliphatic heterocycles. The van der Waals surface area contributed by atoms with Crippen LogP contribution in [-0.4, -0.2) is 55.1 Å². The van der Waals surface area contributed by atoms with E-state index in [4.69, 9.17) is 18.5 Å². The van der Waals surface area contributed by atoms with Gasteiger partial charge in [-0.1, -0.05) is 13.8 Å². The Kier molecular flexibility index (Phi) is 7.37. The molecule has 0 radical (unpaired) electrons. The van der Waals surface area contributed by atoms with E-state index in [0.29, 0.717) is 13.1 Å². The van der Waals surface area contributed by atoms with Crippen LogP contribution in [0.4, 0.5) is 0 Å². The Balaban J connectivity index is 2.81. The zero-order valence-electron chi connectivity index (χ0n) is 12.3. The van der Waals surface area contributed by atoms with Gasteiger partial charge in [-0.3, -0.25) is 0 Å². The molecule has 8 heteroatoms. The first-order chi connectivity index (χ1) is 9.58. The van der Waals surface area contributed by atoms with E-state index in [1.807, 2.05) is 18.5 Å². The third-order valence-corrected chi connectivity index (χ3v) is 4.52. The third kappa shape index (κ3) is 4.12. The van der Waals surface area contributed by atoms with E-state index in [-0.39, 0.29) is 13.2 Å². The Hall–Kier alpha value is -0.750. The maximum absolute atomic E-state index is 11.9. The van der Waals surface area contributed by atoms with Crippen molar-refractivity contribution in [2.24, 2.45) is 0 Å². The number of hydrogen-bond acceptors (Lipinski definition) is 7. The van der Waals surface area contributed by atoms with Crippen LogP contribution in [0.5, 0.6) is 0 Å². The summed E-state index contributed by atoms with van der Waals surface area (Å²) in [6.07, 6.45) is -2.11. The largest absolute Gasteiger partial charge is 0.464 e. The first-order valence-corrected chi connectivity index (χ1v) is 7.93. The molecule has 0 amide bonds. The lowest BCUT2D eigenvalue weighted by molar-refractivity contribution is -0.163. The van der Waals surface area contributed by atoms with Gasteiger partial charge in [-0.2, -0.15) is 0 Å². The quantitative estimate of drug-likeness (QED) is 0.521. The number of ether oxygens (including phenoxy) is 2. The van der Waals surface area contributed by atoms with Crippen molar-refractivity contribution in [1.82, 2.24) is 4.67 Å². The second-order valence-electron chi connectivity index (χ2n) is 3.93. The maximum Gasteiger partial charge on any atom is 0.339 e. The fourth-order valence-corrected chi connectivity index (χ4v) is 3.26. The highest BCUT2D eigenvalue weighted by Crippen LogP contribution is 2.51. The van der Waals surface area contributed by atoms with Crippen molar-refractivity contribution >= 4 is 20.5 Å². The minimum absolute atomic E-state index is 0.220. The molecule has 0 aromatic rings. The van der Waals surface area contributed by atoms with E-state index >= 15 is 0 Å². The van der Waals surface area contributed by atoms with Gasteiger partial charge in [-0.05, 0) is 13.8 Å². The Morgan fingerprint density at radius 3 is 1.65 bits per heavy atom. The summed E-state index contributed by atoms with van der Waals surface area (Å²) in [7, 11) is -1.44. The fraction of sp³-hybridized carbons (Fsp3) is 0.833. The summed E-state index contributed by atoms with van der Waals surface area (Å²) in [5.74, 6) is -1.19. The molecule has 2 atom stereocenters. The van der Waals surface area contributed by atoms with Crippen molar-refractivity contribution in [3.8, 4) is 0 Å². The Bertz CT molecular complexity index is 310. The first kappa shape index (κ1) is 17.3. The lowest BCUT2D eigenvalue weighted by atomic mass is 10.2. The summed E-state index contributed by atoms with van der Waals surface area (Å²) in [5, 5.41) is 0. The van der Waals surface area contributed by atoms with Crippen LogP contribution in [0.25, 0.3) is 0 Å². The topological polar surface area (TPSA) is 74.3 Å². The normalized spacial score (nSPS) is 25.8. The van der Waals surface area contributed by atoms with Gasteiger partial charge in [-0.25, -0.2) is 14.3 Å². The molecule has 2 unspecified atom stereocenters. The second-order valence-corrected chi connectivity index (χ2v) is 5.40. The summed E-state index contributed by atoms with van der Waals surface area (Å²) in [4.78, 5) is 23.7. The van der Waals surface area contributed by atoms with Gasteiger partial charge < -0.3 is 18.5 Å². The molecular weight excluding hydrogens is 285 g/mol. The first-order valence-electron chi connectivity index (χ1n) is 6.80. The van der Waals surface area contributed by atoms with E-state index in [1.165, 1.54) is 0 Å². The van der Waals surface area contributed by atoms with Crippen molar-refractivity contribution in [3.63, 3.8) is 0 Å². The second kappa shape index (κ2) is 8.52. The molecule has 0 aromatic heterocycles. The molecule has 7 nitrogen and oxygen atoms in total. The SMILES string of the molecule is CCOC(=O)C1OP(N(CC)CC)OC1C(=O)OCC. The zero-order chi connectivity index (χ0) is 15.1. The molecule has 0 spiro atoms. The molecule has 1 fully saturated rings. The lowest BCUT2D eigenvalue weighted by Crippen LogP contribution is -2.39.